The third-order valence-electron chi connectivity index (χ3n) is 2.61. The first-order chi connectivity index (χ1) is 8.79. The summed E-state index contributed by atoms with van der Waals surface area (Å²) in [6.07, 6.45) is 1.12. The summed E-state index contributed by atoms with van der Waals surface area (Å²) in [5, 5.41) is 3.12. The number of aryl methyl sites for hydroxylation is 1. The number of hydrogen-bond donors (Lipinski definition) is 3. The van der Waals surface area contributed by atoms with Gasteiger partial charge in [0.25, 0.3) is 0 Å². The van der Waals surface area contributed by atoms with Gasteiger partial charge in [0.1, 0.15) is 0 Å². The number of sulfonamides is 1. The van der Waals surface area contributed by atoms with Crippen molar-refractivity contribution in [1.82, 2.24) is 10.0 Å². The van der Waals surface area contributed by atoms with Crippen molar-refractivity contribution in [3.63, 3.8) is 0 Å². The lowest BCUT2D eigenvalue weighted by molar-refractivity contribution is 0.1000. The van der Waals surface area contributed by atoms with E-state index in [4.69, 9.17) is 5.73 Å². The van der Waals surface area contributed by atoms with Crippen LogP contribution in [0.4, 0.5) is 0 Å². The number of primary amides is 1. The third kappa shape index (κ3) is 5.82. The van der Waals surface area contributed by atoms with Crippen LogP contribution >= 0.6 is 0 Å². The fourth-order valence-corrected chi connectivity index (χ4v) is 2.07. The Labute approximate surface area is 113 Å². The highest BCUT2D eigenvalue weighted by Crippen LogP contribution is 2.10. The van der Waals surface area contributed by atoms with Gasteiger partial charge in [-0.05, 0) is 30.2 Å². The molecule has 0 aliphatic rings. The number of hydrogen-bond acceptors (Lipinski definition) is 4. The van der Waals surface area contributed by atoms with E-state index in [0.717, 1.165) is 17.4 Å². The molecule has 1 amide bonds. The van der Waals surface area contributed by atoms with Gasteiger partial charge in [-0.25, -0.2) is 13.1 Å². The molecule has 0 heterocycles. The molecule has 4 N–H and O–H groups in total. The van der Waals surface area contributed by atoms with Crippen LogP contribution in [0.3, 0.4) is 0 Å². The lowest BCUT2D eigenvalue weighted by Gasteiger charge is -2.09. The average molecular weight is 285 g/mol. The standard InChI is InChI=1S/C12H19N3O3S/c1-9-7-10(12(13)16)3-4-11(9)8-14-5-6-15-19(2,17)18/h3-4,7,14-15H,5-6,8H2,1-2H3,(H2,13,16). The Kier molecular flexibility index (Phi) is 5.46. The van der Waals surface area contributed by atoms with E-state index in [9.17, 15) is 13.2 Å². The molecule has 0 saturated heterocycles. The zero-order chi connectivity index (χ0) is 14.5. The first-order valence-electron chi connectivity index (χ1n) is 5.84. The van der Waals surface area contributed by atoms with E-state index in [0.29, 0.717) is 25.2 Å². The number of benzene rings is 1. The molecule has 0 aliphatic heterocycles. The van der Waals surface area contributed by atoms with Gasteiger partial charge < -0.3 is 11.1 Å². The summed E-state index contributed by atoms with van der Waals surface area (Å²) in [5.41, 5.74) is 7.70. The van der Waals surface area contributed by atoms with Gasteiger partial charge in [-0.15, -0.1) is 0 Å². The fourth-order valence-electron chi connectivity index (χ4n) is 1.60. The summed E-state index contributed by atoms with van der Waals surface area (Å²) in [4.78, 5) is 11.0. The van der Waals surface area contributed by atoms with Crippen molar-refractivity contribution in [3.05, 3.63) is 34.9 Å². The maximum atomic E-state index is 11.0. The molecule has 0 radical (unpaired) electrons. The Balaban J connectivity index is 2.44. The van der Waals surface area contributed by atoms with Gasteiger partial charge in [0.05, 0.1) is 6.26 Å². The van der Waals surface area contributed by atoms with Crippen molar-refractivity contribution in [3.8, 4) is 0 Å². The molecule has 106 valence electrons. The van der Waals surface area contributed by atoms with Crippen LogP contribution in [0.15, 0.2) is 18.2 Å². The molecule has 19 heavy (non-hydrogen) atoms. The number of carbonyl (C=O) groups is 1. The zero-order valence-electron chi connectivity index (χ0n) is 11.1. The molecular weight excluding hydrogens is 266 g/mol. The Morgan fingerprint density at radius 1 is 1.32 bits per heavy atom. The lowest BCUT2D eigenvalue weighted by Crippen LogP contribution is -2.30. The minimum absolute atomic E-state index is 0.344. The van der Waals surface area contributed by atoms with Crippen molar-refractivity contribution in [1.29, 1.82) is 0 Å². The maximum Gasteiger partial charge on any atom is 0.248 e. The monoisotopic (exact) mass is 285 g/mol. The average Bonchev–Trinajstić information content (AvgIpc) is 2.28. The highest BCUT2D eigenvalue weighted by atomic mass is 32.2. The van der Waals surface area contributed by atoms with E-state index in [1.165, 1.54) is 0 Å². The molecule has 0 atom stereocenters. The molecule has 0 fully saturated rings. The summed E-state index contributed by atoms with van der Waals surface area (Å²) in [6.45, 7) is 3.38. The number of carbonyl (C=O) groups excluding carboxylic acids is 1. The van der Waals surface area contributed by atoms with Crippen molar-refractivity contribution in [2.75, 3.05) is 19.3 Å². The van der Waals surface area contributed by atoms with Crippen molar-refractivity contribution in [2.24, 2.45) is 5.73 Å². The molecule has 1 aromatic carbocycles. The van der Waals surface area contributed by atoms with E-state index in [1.807, 2.05) is 13.0 Å². The van der Waals surface area contributed by atoms with Crippen LogP contribution in [-0.4, -0.2) is 33.7 Å². The second-order valence-electron chi connectivity index (χ2n) is 4.35. The molecule has 1 aromatic rings. The van der Waals surface area contributed by atoms with Crippen molar-refractivity contribution in [2.45, 2.75) is 13.5 Å². The molecule has 0 saturated carbocycles. The Hall–Kier alpha value is -1.44. The Morgan fingerprint density at radius 2 is 2.00 bits per heavy atom. The zero-order valence-corrected chi connectivity index (χ0v) is 11.9. The van der Waals surface area contributed by atoms with Crippen LogP contribution in [-0.2, 0) is 16.6 Å². The Bertz CT molecular complexity index is 555. The van der Waals surface area contributed by atoms with E-state index >= 15 is 0 Å². The second-order valence-corrected chi connectivity index (χ2v) is 6.18. The topological polar surface area (TPSA) is 101 Å². The molecule has 0 spiro atoms. The maximum absolute atomic E-state index is 11.0. The van der Waals surface area contributed by atoms with Crippen LogP contribution in [0.25, 0.3) is 0 Å². The summed E-state index contributed by atoms with van der Waals surface area (Å²) >= 11 is 0. The summed E-state index contributed by atoms with van der Waals surface area (Å²) < 4.78 is 24.1. The van der Waals surface area contributed by atoms with Gasteiger partial charge >= 0.3 is 0 Å². The lowest BCUT2D eigenvalue weighted by atomic mass is 10.0. The molecule has 0 aromatic heterocycles. The van der Waals surface area contributed by atoms with Crippen LogP contribution in [0.2, 0.25) is 0 Å². The van der Waals surface area contributed by atoms with Crippen LogP contribution in [0.1, 0.15) is 21.5 Å². The summed E-state index contributed by atoms with van der Waals surface area (Å²) in [5.74, 6) is -0.444. The number of amides is 1. The molecule has 1 rings (SSSR count). The second kappa shape index (κ2) is 6.65. The highest BCUT2D eigenvalue weighted by Gasteiger charge is 2.04. The van der Waals surface area contributed by atoms with Gasteiger partial charge in [0.2, 0.25) is 15.9 Å². The molecule has 0 unspecified atom stereocenters. The van der Waals surface area contributed by atoms with Crippen LogP contribution in [0, 0.1) is 6.92 Å². The van der Waals surface area contributed by atoms with Crippen molar-refractivity contribution < 1.29 is 13.2 Å². The van der Waals surface area contributed by atoms with Crippen LogP contribution in [0.5, 0.6) is 0 Å². The Morgan fingerprint density at radius 3 is 2.53 bits per heavy atom. The molecule has 0 bridgehead atoms. The van der Waals surface area contributed by atoms with E-state index in [-0.39, 0.29) is 0 Å². The summed E-state index contributed by atoms with van der Waals surface area (Å²) in [6, 6.07) is 5.27. The van der Waals surface area contributed by atoms with Gasteiger partial charge in [-0.2, -0.15) is 0 Å². The largest absolute Gasteiger partial charge is 0.366 e. The van der Waals surface area contributed by atoms with E-state index in [2.05, 4.69) is 10.0 Å². The van der Waals surface area contributed by atoms with Gasteiger partial charge in [0, 0.05) is 25.2 Å². The highest BCUT2D eigenvalue weighted by molar-refractivity contribution is 7.88. The SMILES string of the molecule is Cc1cc(C(N)=O)ccc1CNCCNS(C)(=O)=O. The first-order valence-corrected chi connectivity index (χ1v) is 7.73. The molecule has 0 aliphatic carbocycles. The number of nitrogens with two attached hydrogens (primary N) is 1. The molecule has 6 nitrogen and oxygen atoms in total. The van der Waals surface area contributed by atoms with Crippen molar-refractivity contribution >= 4 is 15.9 Å². The molecular formula is C12H19N3O3S. The van der Waals surface area contributed by atoms with Gasteiger partial charge in [-0.1, -0.05) is 6.07 Å². The predicted molar refractivity (Wildman–Crippen MR) is 74.3 cm³/mol. The number of rotatable bonds is 7. The van der Waals surface area contributed by atoms with E-state index in [1.54, 1.807) is 12.1 Å². The predicted octanol–water partition coefficient (Wildman–Crippen LogP) is -0.267. The number of nitrogens with one attached hydrogen (secondary N) is 2. The minimum Gasteiger partial charge on any atom is -0.366 e. The van der Waals surface area contributed by atoms with Crippen LogP contribution < -0.4 is 15.8 Å². The normalized spacial score (nSPS) is 11.5. The quantitative estimate of drug-likeness (QED) is 0.600. The van der Waals surface area contributed by atoms with Gasteiger partial charge in [-0.3, -0.25) is 4.79 Å². The smallest absolute Gasteiger partial charge is 0.248 e. The first kappa shape index (κ1) is 15.6. The van der Waals surface area contributed by atoms with E-state index < -0.39 is 15.9 Å². The fraction of sp³-hybridized carbons (Fsp3) is 0.417. The van der Waals surface area contributed by atoms with Gasteiger partial charge in [0.15, 0.2) is 0 Å². The molecule has 7 heteroatoms. The third-order valence-corrected chi connectivity index (χ3v) is 3.34. The minimum atomic E-state index is -3.13. The summed E-state index contributed by atoms with van der Waals surface area (Å²) in [7, 11) is -3.13.